The van der Waals surface area contributed by atoms with Gasteiger partial charge >= 0.3 is 0 Å². The van der Waals surface area contributed by atoms with Gasteiger partial charge in [-0.2, -0.15) is 0 Å². The number of rotatable bonds is 6. The standard InChI is InChI=1S/C18H19ClOS/c1-3-14-8-10-15(11-9-14)18(20)13(2)21-12-16-6-4-5-7-17(16)19/h4-11,13H,3,12H2,1-2H3. The molecule has 2 rings (SSSR count). The Labute approximate surface area is 135 Å². The molecule has 2 aromatic rings. The van der Waals surface area contributed by atoms with Crippen LogP contribution < -0.4 is 0 Å². The predicted molar refractivity (Wildman–Crippen MR) is 92.4 cm³/mol. The maximum absolute atomic E-state index is 12.4. The summed E-state index contributed by atoms with van der Waals surface area (Å²) >= 11 is 7.76. The zero-order valence-corrected chi connectivity index (χ0v) is 13.9. The molecular formula is C18H19ClOS. The summed E-state index contributed by atoms with van der Waals surface area (Å²) in [4.78, 5) is 12.4. The summed E-state index contributed by atoms with van der Waals surface area (Å²) in [6, 6.07) is 15.7. The van der Waals surface area contributed by atoms with Crippen molar-refractivity contribution in [2.24, 2.45) is 0 Å². The zero-order chi connectivity index (χ0) is 15.2. The van der Waals surface area contributed by atoms with Crippen LogP contribution in [0.4, 0.5) is 0 Å². The molecule has 1 atom stereocenters. The maximum Gasteiger partial charge on any atom is 0.175 e. The van der Waals surface area contributed by atoms with E-state index in [0.717, 1.165) is 28.3 Å². The van der Waals surface area contributed by atoms with Gasteiger partial charge in [0.1, 0.15) is 0 Å². The molecule has 0 aliphatic heterocycles. The highest BCUT2D eigenvalue weighted by Gasteiger charge is 2.16. The molecule has 0 spiro atoms. The van der Waals surface area contributed by atoms with E-state index < -0.39 is 0 Å². The molecule has 0 radical (unpaired) electrons. The first-order valence-electron chi connectivity index (χ1n) is 7.10. The number of hydrogen-bond acceptors (Lipinski definition) is 2. The molecule has 0 saturated heterocycles. The SMILES string of the molecule is CCc1ccc(C(=O)C(C)SCc2ccccc2Cl)cc1. The first kappa shape index (κ1) is 16.1. The third-order valence-corrected chi connectivity index (χ3v) is 5.02. The minimum absolute atomic E-state index is 0.0752. The van der Waals surface area contributed by atoms with Gasteiger partial charge < -0.3 is 0 Å². The van der Waals surface area contributed by atoms with E-state index in [1.165, 1.54) is 5.56 Å². The van der Waals surface area contributed by atoms with Gasteiger partial charge in [-0.25, -0.2) is 0 Å². The van der Waals surface area contributed by atoms with Gasteiger partial charge in [-0.3, -0.25) is 4.79 Å². The van der Waals surface area contributed by atoms with Crippen LogP contribution in [-0.4, -0.2) is 11.0 Å². The van der Waals surface area contributed by atoms with Gasteiger partial charge in [-0.1, -0.05) is 61.0 Å². The lowest BCUT2D eigenvalue weighted by molar-refractivity contribution is 0.0994. The molecule has 0 aromatic heterocycles. The molecule has 3 heteroatoms. The Morgan fingerprint density at radius 2 is 1.81 bits per heavy atom. The van der Waals surface area contributed by atoms with Crippen molar-refractivity contribution in [3.05, 3.63) is 70.2 Å². The fourth-order valence-corrected chi connectivity index (χ4v) is 3.30. The van der Waals surface area contributed by atoms with E-state index in [1.807, 2.05) is 55.5 Å². The van der Waals surface area contributed by atoms with Gasteiger partial charge in [0.15, 0.2) is 5.78 Å². The van der Waals surface area contributed by atoms with E-state index in [0.29, 0.717) is 0 Å². The van der Waals surface area contributed by atoms with E-state index in [1.54, 1.807) is 11.8 Å². The molecule has 0 amide bonds. The van der Waals surface area contributed by atoms with Gasteiger partial charge in [-0.05, 0) is 30.5 Å². The number of ketones is 1. The average molecular weight is 319 g/mol. The number of carbonyl (C=O) groups is 1. The van der Waals surface area contributed by atoms with Gasteiger partial charge in [0.25, 0.3) is 0 Å². The highest BCUT2D eigenvalue weighted by atomic mass is 35.5. The lowest BCUT2D eigenvalue weighted by atomic mass is 10.1. The van der Waals surface area contributed by atoms with Crippen molar-refractivity contribution in [1.29, 1.82) is 0 Å². The maximum atomic E-state index is 12.4. The van der Waals surface area contributed by atoms with E-state index in [2.05, 4.69) is 6.92 Å². The van der Waals surface area contributed by atoms with Crippen LogP contribution in [0.15, 0.2) is 48.5 Å². The lowest BCUT2D eigenvalue weighted by Crippen LogP contribution is -2.13. The molecule has 0 bridgehead atoms. The average Bonchev–Trinajstić information content (AvgIpc) is 2.53. The number of hydrogen-bond donors (Lipinski definition) is 0. The number of Topliss-reactive ketones (excluding diaryl/α,β-unsaturated/α-hetero) is 1. The van der Waals surface area contributed by atoms with Crippen LogP contribution in [0.1, 0.15) is 35.3 Å². The third-order valence-electron chi connectivity index (χ3n) is 3.46. The highest BCUT2D eigenvalue weighted by molar-refractivity contribution is 7.99. The molecule has 0 saturated carbocycles. The van der Waals surface area contributed by atoms with Gasteiger partial charge in [-0.15, -0.1) is 11.8 Å². The topological polar surface area (TPSA) is 17.1 Å². The number of thioether (sulfide) groups is 1. The van der Waals surface area contributed by atoms with Crippen LogP contribution in [0.25, 0.3) is 0 Å². The molecule has 0 fully saturated rings. The summed E-state index contributed by atoms with van der Waals surface area (Å²) in [6.07, 6.45) is 0.991. The van der Waals surface area contributed by atoms with Crippen molar-refractivity contribution in [2.45, 2.75) is 31.3 Å². The first-order valence-corrected chi connectivity index (χ1v) is 8.52. The van der Waals surface area contributed by atoms with E-state index in [9.17, 15) is 4.79 Å². The first-order chi connectivity index (χ1) is 10.1. The summed E-state index contributed by atoms with van der Waals surface area (Å²) < 4.78 is 0. The number of benzene rings is 2. The fourth-order valence-electron chi connectivity index (χ4n) is 2.05. The smallest absolute Gasteiger partial charge is 0.175 e. The zero-order valence-electron chi connectivity index (χ0n) is 12.3. The highest BCUT2D eigenvalue weighted by Crippen LogP contribution is 2.25. The van der Waals surface area contributed by atoms with Crippen molar-refractivity contribution < 1.29 is 4.79 Å². The van der Waals surface area contributed by atoms with E-state index in [-0.39, 0.29) is 11.0 Å². The van der Waals surface area contributed by atoms with Crippen LogP contribution in [0.2, 0.25) is 5.02 Å². The van der Waals surface area contributed by atoms with Crippen LogP contribution in [0.5, 0.6) is 0 Å². The Balaban J connectivity index is 1.97. The van der Waals surface area contributed by atoms with Gasteiger partial charge in [0.2, 0.25) is 0 Å². The van der Waals surface area contributed by atoms with Crippen molar-refractivity contribution >= 4 is 29.1 Å². The van der Waals surface area contributed by atoms with Crippen molar-refractivity contribution in [3.63, 3.8) is 0 Å². The quantitative estimate of drug-likeness (QED) is 0.663. The molecule has 0 heterocycles. The van der Waals surface area contributed by atoms with Gasteiger partial charge in [0, 0.05) is 16.3 Å². The van der Waals surface area contributed by atoms with Crippen LogP contribution >= 0.6 is 23.4 Å². The van der Waals surface area contributed by atoms with Crippen LogP contribution in [-0.2, 0) is 12.2 Å². The summed E-state index contributed by atoms with van der Waals surface area (Å²) in [7, 11) is 0. The molecule has 0 aliphatic rings. The number of aryl methyl sites for hydroxylation is 1. The fraction of sp³-hybridized carbons (Fsp3) is 0.278. The van der Waals surface area contributed by atoms with E-state index >= 15 is 0 Å². The Kier molecular flexibility index (Phi) is 5.89. The largest absolute Gasteiger partial charge is 0.293 e. The van der Waals surface area contributed by atoms with Crippen LogP contribution in [0.3, 0.4) is 0 Å². The Hall–Kier alpha value is -1.25. The number of halogens is 1. The Bertz CT molecular complexity index is 607. The number of carbonyl (C=O) groups excluding carboxylic acids is 1. The molecule has 0 N–H and O–H groups in total. The Morgan fingerprint density at radius 3 is 2.43 bits per heavy atom. The van der Waals surface area contributed by atoms with Crippen molar-refractivity contribution in [3.8, 4) is 0 Å². The summed E-state index contributed by atoms with van der Waals surface area (Å²) in [5.41, 5.74) is 3.11. The molecule has 0 aliphatic carbocycles. The summed E-state index contributed by atoms with van der Waals surface area (Å²) in [6.45, 7) is 4.07. The lowest BCUT2D eigenvalue weighted by Gasteiger charge is -2.11. The normalized spacial score (nSPS) is 12.1. The minimum atomic E-state index is -0.0752. The second-order valence-electron chi connectivity index (χ2n) is 4.96. The van der Waals surface area contributed by atoms with Crippen molar-refractivity contribution in [2.75, 3.05) is 0 Å². The van der Waals surface area contributed by atoms with E-state index in [4.69, 9.17) is 11.6 Å². The third kappa shape index (κ3) is 4.36. The monoisotopic (exact) mass is 318 g/mol. The molecule has 1 nitrogen and oxygen atoms in total. The van der Waals surface area contributed by atoms with Crippen molar-refractivity contribution in [1.82, 2.24) is 0 Å². The molecular weight excluding hydrogens is 300 g/mol. The minimum Gasteiger partial charge on any atom is -0.293 e. The molecule has 21 heavy (non-hydrogen) atoms. The molecule has 2 aromatic carbocycles. The summed E-state index contributed by atoms with van der Waals surface area (Å²) in [5.74, 6) is 0.925. The molecule has 1 unspecified atom stereocenters. The second-order valence-corrected chi connectivity index (χ2v) is 6.70. The van der Waals surface area contributed by atoms with Crippen LogP contribution in [0, 0.1) is 0 Å². The Morgan fingerprint density at radius 1 is 1.14 bits per heavy atom. The predicted octanol–water partition coefficient (Wildman–Crippen LogP) is 5.41. The second kappa shape index (κ2) is 7.67. The molecule has 110 valence electrons. The summed E-state index contributed by atoms with van der Waals surface area (Å²) in [5, 5.41) is 0.686. The van der Waals surface area contributed by atoms with Gasteiger partial charge in [0.05, 0.1) is 5.25 Å².